The Bertz CT molecular complexity index is 716. The van der Waals surface area contributed by atoms with E-state index >= 15 is 0 Å². The molecule has 3 rings (SSSR count). The van der Waals surface area contributed by atoms with E-state index in [4.69, 9.17) is 23.2 Å². The third-order valence-electron chi connectivity index (χ3n) is 3.71. The molecular weight excluding hydrogens is 377 g/mol. The largest absolute Gasteiger partial charge is 0.324 e. The Morgan fingerprint density at radius 3 is 2.67 bits per heavy atom. The third kappa shape index (κ3) is 2.58. The maximum Gasteiger partial charge on any atom is 0.233 e. The number of anilines is 1. The van der Waals surface area contributed by atoms with Crippen LogP contribution in [0.2, 0.25) is 0 Å². The fourth-order valence-electron chi connectivity index (χ4n) is 2.12. The van der Waals surface area contributed by atoms with Gasteiger partial charge in [-0.1, -0.05) is 12.1 Å². The van der Waals surface area contributed by atoms with Crippen molar-refractivity contribution in [3.8, 4) is 5.69 Å². The van der Waals surface area contributed by atoms with Gasteiger partial charge >= 0.3 is 0 Å². The van der Waals surface area contributed by atoms with E-state index in [0.717, 1.165) is 10.2 Å². The number of benzene rings is 1. The number of hydrogen-bond acceptors (Lipinski definition) is 2. The van der Waals surface area contributed by atoms with Gasteiger partial charge in [-0.25, -0.2) is 4.68 Å². The van der Waals surface area contributed by atoms with E-state index in [1.54, 1.807) is 17.8 Å². The van der Waals surface area contributed by atoms with Crippen LogP contribution in [0.1, 0.15) is 13.3 Å². The number of nitrogens with one attached hydrogen (secondary N) is 1. The summed E-state index contributed by atoms with van der Waals surface area (Å²) < 4.78 is 1.56. The minimum atomic E-state index is -0.985. The molecule has 1 unspecified atom stereocenters. The number of alkyl halides is 2. The molecule has 1 N–H and O–H groups in total. The van der Waals surface area contributed by atoms with Crippen LogP contribution in [0.3, 0.4) is 0 Å². The number of carbonyl (C=O) groups excluding carboxylic acids is 1. The van der Waals surface area contributed by atoms with Gasteiger partial charge in [-0.2, -0.15) is 5.10 Å². The zero-order valence-electron chi connectivity index (χ0n) is 11.1. The molecule has 4 nitrogen and oxygen atoms in total. The monoisotopic (exact) mass is 387 g/mol. The molecule has 0 spiro atoms. The number of aromatic nitrogens is 2. The van der Waals surface area contributed by atoms with E-state index in [2.05, 4.69) is 26.3 Å². The van der Waals surface area contributed by atoms with E-state index in [9.17, 15) is 4.79 Å². The molecule has 1 amide bonds. The van der Waals surface area contributed by atoms with Crippen LogP contribution >= 0.6 is 39.1 Å². The predicted octanol–water partition coefficient (Wildman–Crippen LogP) is 4.16. The zero-order valence-corrected chi connectivity index (χ0v) is 14.2. The molecule has 21 heavy (non-hydrogen) atoms. The standard InChI is InChI=1S/C14H12BrCl2N3O/c1-13(8-14(13,16)17)12(21)19-10-4-2-3-5-11(10)20-7-9(15)6-18-20/h2-7H,8H2,1H3,(H,19,21). The first kappa shape index (κ1) is 14.9. The number of rotatable bonds is 3. The number of nitrogens with zero attached hydrogens (tertiary/aromatic N) is 2. The number of para-hydroxylation sites is 2. The quantitative estimate of drug-likeness (QED) is 0.802. The van der Waals surface area contributed by atoms with Gasteiger partial charge in [0.2, 0.25) is 5.91 Å². The maximum atomic E-state index is 12.4. The van der Waals surface area contributed by atoms with Crippen molar-refractivity contribution in [2.75, 3.05) is 5.32 Å². The van der Waals surface area contributed by atoms with E-state index in [0.29, 0.717) is 12.1 Å². The molecule has 1 atom stereocenters. The minimum absolute atomic E-state index is 0.189. The lowest BCUT2D eigenvalue weighted by molar-refractivity contribution is -0.120. The Labute approximate surface area is 140 Å². The molecule has 1 aromatic carbocycles. The van der Waals surface area contributed by atoms with Gasteiger partial charge in [-0.3, -0.25) is 4.79 Å². The van der Waals surface area contributed by atoms with Gasteiger partial charge in [0.15, 0.2) is 0 Å². The smallest absolute Gasteiger partial charge is 0.233 e. The molecule has 1 fully saturated rings. The van der Waals surface area contributed by atoms with Gasteiger partial charge in [0.25, 0.3) is 0 Å². The molecule has 1 aromatic heterocycles. The van der Waals surface area contributed by atoms with Crippen molar-refractivity contribution in [2.45, 2.75) is 17.7 Å². The summed E-state index contributed by atoms with van der Waals surface area (Å²) in [5.74, 6) is -0.189. The summed E-state index contributed by atoms with van der Waals surface area (Å²) in [4.78, 5) is 12.4. The van der Waals surface area contributed by atoms with Gasteiger partial charge in [0, 0.05) is 6.20 Å². The Kier molecular flexibility index (Phi) is 3.55. The highest BCUT2D eigenvalue weighted by Crippen LogP contribution is 2.64. The second-order valence-electron chi connectivity index (χ2n) is 5.29. The van der Waals surface area contributed by atoms with Crippen molar-refractivity contribution in [1.29, 1.82) is 0 Å². The number of carbonyl (C=O) groups is 1. The second kappa shape index (κ2) is 5.00. The number of halogens is 3. The highest BCUT2D eigenvalue weighted by molar-refractivity contribution is 9.10. The summed E-state index contributed by atoms with van der Waals surface area (Å²) in [7, 11) is 0. The van der Waals surface area contributed by atoms with Crippen LogP contribution < -0.4 is 5.32 Å². The molecule has 0 bridgehead atoms. The van der Waals surface area contributed by atoms with E-state index < -0.39 is 9.75 Å². The number of amides is 1. The normalized spacial score (nSPS) is 22.9. The molecule has 0 radical (unpaired) electrons. The van der Waals surface area contributed by atoms with Crippen molar-refractivity contribution in [3.05, 3.63) is 41.1 Å². The van der Waals surface area contributed by atoms with E-state index in [-0.39, 0.29) is 5.91 Å². The van der Waals surface area contributed by atoms with Gasteiger partial charge < -0.3 is 5.32 Å². The Morgan fingerprint density at radius 2 is 2.10 bits per heavy atom. The molecule has 1 saturated carbocycles. The molecule has 1 aliphatic carbocycles. The molecule has 1 aliphatic rings. The highest BCUT2D eigenvalue weighted by atomic mass is 79.9. The molecule has 7 heteroatoms. The van der Waals surface area contributed by atoms with Crippen molar-refractivity contribution in [3.63, 3.8) is 0 Å². The first-order chi connectivity index (χ1) is 9.83. The van der Waals surface area contributed by atoms with E-state index in [1.807, 2.05) is 30.5 Å². The lowest BCUT2D eigenvalue weighted by Gasteiger charge is -2.15. The SMILES string of the molecule is CC1(C(=O)Nc2ccccc2-n2cc(Br)cn2)CC1(Cl)Cl. The lowest BCUT2D eigenvalue weighted by Crippen LogP contribution is -2.26. The van der Waals surface area contributed by atoms with Gasteiger partial charge in [-0.15, -0.1) is 23.2 Å². The summed E-state index contributed by atoms with van der Waals surface area (Å²) in [6, 6.07) is 7.42. The summed E-state index contributed by atoms with van der Waals surface area (Å²) >= 11 is 15.5. The molecule has 2 aromatic rings. The molecule has 110 valence electrons. The first-order valence-corrected chi connectivity index (χ1v) is 7.87. The van der Waals surface area contributed by atoms with Crippen LogP contribution in [0.25, 0.3) is 5.69 Å². The van der Waals surface area contributed by atoms with Gasteiger partial charge in [0.1, 0.15) is 4.33 Å². The zero-order chi connectivity index (χ0) is 15.3. The fourth-order valence-corrected chi connectivity index (χ4v) is 3.11. The molecule has 1 heterocycles. The van der Waals surface area contributed by atoms with Gasteiger partial charge in [-0.05, 0) is 41.4 Å². The third-order valence-corrected chi connectivity index (χ3v) is 5.22. The number of hydrogen-bond donors (Lipinski definition) is 1. The van der Waals surface area contributed by atoms with Crippen LogP contribution in [-0.4, -0.2) is 20.0 Å². The fraction of sp³-hybridized carbons (Fsp3) is 0.286. The average Bonchev–Trinajstić information content (AvgIpc) is 2.76. The maximum absolute atomic E-state index is 12.4. The van der Waals surface area contributed by atoms with Crippen LogP contribution in [0.15, 0.2) is 41.1 Å². The summed E-state index contributed by atoms with van der Waals surface area (Å²) in [6.45, 7) is 1.76. The summed E-state index contributed by atoms with van der Waals surface area (Å²) in [5, 5.41) is 7.12. The Balaban J connectivity index is 1.89. The highest BCUT2D eigenvalue weighted by Gasteiger charge is 2.67. The van der Waals surface area contributed by atoms with Crippen molar-refractivity contribution in [1.82, 2.24) is 9.78 Å². The van der Waals surface area contributed by atoms with Crippen molar-refractivity contribution in [2.24, 2.45) is 5.41 Å². The van der Waals surface area contributed by atoms with Crippen LogP contribution in [0, 0.1) is 5.41 Å². The van der Waals surface area contributed by atoms with Gasteiger partial charge in [0.05, 0.1) is 27.5 Å². The molecular formula is C14H12BrCl2N3O. The van der Waals surface area contributed by atoms with Crippen molar-refractivity contribution < 1.29 is 4.79 Å². The Hall–Kier alpha value is -1.04. The van der Waals surface area contributed by atoms with Crippen LogP contribution in [-0.2, 0) is 4.79 Å². The average molecular weight is 389 g/mol. The summed E-state index contributed by atoms with van der Waals surface area (Å²) in [6.07, 6.45) is 3.95. The molecule has 0 aliphatic heterocycles. The van der Waals surface area contributed by atoms with Crippen molar-refractivity contribution >= 4 is 50.7 Å². The summed E-state index contributed by atoms with van der Waals surface area (Å²) in [5.41, 5.74) is 0.680. The topological polar surface area (TPSA) is 46.9 Å². The first-order valence-electron chi connectivity index (χ1n) is 6.32. The van der Waals surface area contributed by atoms with Crippen LogP contribution in [0.4, 0.5) is 5.69 Å². The molecule has 0 saturated heterocycles. The minimum Gasteiger partial charge on any atom is -0.324 e. The van der Waals surface area contributed by atoms with Crippen LogP contribution in [0.5, 0.6) is 0 Å². The van der Waals surface area contributed by atoms with E-state index in [1.165, 1.54) is 0 Å². The lowest BCUT2D eigenvalue weighted by atomic mass is 10.1. The Morgan fingerprint density at radius 1 is 1.43 bits per heavy atom. The second-order valence-corrected chi connectivity index (χ2v) is 7.69. The predicted molar refractivity (Wildman–Crippen MR) is 87.1 cm³/mol.